The second-order valence-electron chi connectivity index (χ2n) is 10.3. The minimum absolute atomic E-state index is 0. The van der Waals surface area contributed by atoms with Crippen molar-refractivity contribution >= 4 is 27.3 Å². The number of rotatable bonds is 6. The monoisotopic (exact) mass is 590 g/mol. The molecule has 0 spiro atoms. The topological polar surface area (TPSA) is 0 Å². The summed E-state index contributed by atoms with van der Waals surface area (Å²) in [5.41, 5.74) is 9.18. The van der Waals surface area contributed by atoms with E-state index in [4.69, 9.17) is 0 Å². The number of hydrogen-bond acceptors (Lipinski definition) is 0. The maximum Gasteiger partial charge on any atom is 2.00 e. The summed E-state index contributed by atoms with van der Waals surface area (Å²) in [4.78, 5) is 0. The Bertz CT molecular complexity index is 591. The Morgan fingerprint density at radius 1 is 0.448 bits per heavy atom. The van der Waals surface area contributed by atoms with Gasteiger partial charge >= 0.3 is 27.3 Å². The van der Waals surface area contributed by atoms with Crippen LogP contribution in [0, 0.1) is 0 Å². The molecule has 0 fully saturated rings. The summed E-state index contributed by atoms with van der Waals surface area (Å²) < 4.78 is 0. The maximum absolute atomic E-state index is 2.39. The minimum Gasteiger partial charge on any atom is -0.207 e. The molecule has 2 radical (unpaired) electrons. The van der Waals surface area contributed by atoms with Gasteiger partial charge in [0.2, 0.25) is 0 Å². The fraction of sp³-hybridized carbons (Fsp3) is 0.643. The first kappa shape index (κ1) is 28.6. The van der Waals surface area contributed by atoms with Crippen molar-refractivity contribution < 1.29 is 0 Å². The van der Waals surface area contributed by atoms with Gasteiger partial charge < -0.3 is 0 Å². The fourth-order valence-electron chi connectivity index (χ4n) is 3.80. The third kappa shape index (κ3) is 8.00. The molecule has 0 heterocycles. The smallest absolute Gasteiger partial charge is 0.207 e. The zero-order valence-corrected chi connectivity index (χ0v) is 25.2. The van der Waals surface area contributed by atoms with E-state index in [1.54, 1.807) is 22.3 Å². The first-order valence-electron chi connectivity index (χ1n) is 11.5. The van der Waals surface area contributed by atoms with Crippen LogP contribution >= 0.6 is 0 Å². The van der Waals surface area contributed by atoms with E-state index in [9.17, 15) is 0 Å². The van der Waals surface area contributed by atoms with Gasteiger partial charge in [-0.2, -0.15) is 45.5 Å². The van der Waals surface area contributed by atoms with Crippen LogP contribution in [0.4, 0.5) is 0 Å². The fourth-order valence-corrected chi connectivity index (χ4v) is 3.80. The standard InChI is InChI=1S/2C14H23.Pb/c2*1-9(2)12-7-13(10(3)4)14(8-12)11(5)6;/h2*7-11H,1-6H3;/q2*-1;+2. The maximum atomic E-state index is 2.39. The predicted octanol–water partition coefficient (Wildman–Crippen LogP) is 9.17. The van der Waals surface area contributed by atoms with Crippen molar-refractivity contribution in [2.24, 2.45) is 0 Å². The van der Waals surface area contributed by atoms with Crippen molar-refractivity contribution in [3.05, 3.63) is 57.6 Å². The van der Waals surface area contributed by atoms with Crippen LogP contribution in [0.5, 0.6) is 0 Å². The van der Waals surface area contributed by atoms with E-state index < -0.39 is 0 Å². The molecule has 0 aliphatic heterocycles. The van der Waals surface area contributed by atoms with Crippen molar-refractivity contribution in [3.63, 3.8) is 0 Å². The number of hydrogen-bond donors (Lipinski definition) is 0. The van der Waals surface area contributed by atoms with Crippen molar-refractivity contribution in [2.45, 2.75) is 119 Å². The van der Waals surface area contributed by atoms with Gasteiger partial charge in [0.25, 0.3) is 0 Å². The van der Waals surface area contributed by atoms with Gasteiger partial charge in [-0.25, -0.2) is 12.1 Å². The predicted molar refractivity (Wildman–Crippen MR) is 134 cm³/mol. The van der Waals surface area contributed by atoms with Gasteiger partial charge in [0, 0.05) is 0 Å². The SMILES string of the molecule is CC(C)c1cc(C(C)C)c(C(C)C)[cH-]1.CC(C)c1cc(C(C)C)c(C(C)C)[cH-]1.[Pb+2]. The zero-order chi connectivity index (χ0) is 21.8. The van der Waals surface area contributed by atoms with Gasteiger partial charge in [-0.1, -0.05) is 94.9 Å². The second kappa shape index (κ2) is 12.5. The Morgan fingerprint density at radius 3 is 0.862 bits per heavy atom. The Labute approximate surface area is 202 Å². The molecule has 0 N–H and O–H groups in total. The molecule has 0 saturated heterocycles. The third-order valence-electron chi connectivity index (χ3n) is 5.78. The molecule has 0 aliphatic rings. The zero-order valence-electron chi connectivity index (χ0n) is 21.3. The Hall–Kier alpha value is -0.378. The molecule has 162 valence electrons. The quantitative estimate of drug-likeness (QED) is 0.233. The van der Waals surface area contributed by atoms with Crippen LogP contribution < -0.4 is 0 Å². The summed E-state index contributed by atoms with van der Waals surface area (Å²) in [6, 6.07) is 9.57. The Morgan fingerprint density at radius 2 is 0.724 bits per heavy atom. The first-order chi connectivity index (χ1) is 12.9. The van der Waals surface area contributed by atoms with Gasteiger partial charge in [0.05, 0.1) is 0 Å². The van der Waals surface area contributed by atoms with Crippen LogP contribution in [-0.4, -0.2) is 27.3 Å². The van der Waals surface area contributed by atoms with Crippen molar-refractivity contribution in [1.29, 1.82) is 0 Å². The molecular formula is C28H46Pb. The molecule has 0 aromatic heterocycles. The van der Waals surface area contributed by atoms with Crippen molar-refractivity contribution in [2.75, 3.05) is 0 Å². The van der Waals surface area contributed by atoms with E-state index in [1.807, 2.05) is 0 Å². The van der Waals surface area contributed by atoms with E-state index in [2.05, 4.69) is 107 Å². The molecule has 0 bridgehead atoms. The van der Waals surface area contributed by atoms with Crippen molar-refractivity contribution in [3.8, 4) is 0 Å². The van der Waals surface area contributed by atoms with Gasteiger partial charge in [-0.05, 0) is 23.7 Å². The van der Waals surface area contributed by atoms with Gasteiger partial charge in [0.15, 0.2) is 0 Å². The molecule has 0 nitrogen and oxygen atoms in total. The molecule has 0 unspecified atom stereocenters. The minimum atomic E-state index is 0. The summed E-state index contributed by atoms with van der Waals surface area (Å²) >= 11 is 0. The Balaban J connectivity index is 0.000000523. The summed E-state index contributed by atoms with van der Waals surface area (Å²) in [5, 5.41) is 0. The molecule has 0 amide bonds. The largest absolute Gasteiger partial charge is 2.00 e. The van der Waals surface area contributed by atoms with Gasteiger partial charge in [-0.15, -0.1) is 0 Å². The van der Waals surface area contributed by atoms with Gasteiger partial charge in [-0.3, -0.25) is 0 Å². The van der Waals surface area contributed by atoms with Crippen LogP contribution in [0.25, 0.3) is 0 Å². The first-order valence-corrected chi connectivity index (χ1v) is 11.5. The third-order valence-corrected chi connectivity index (χ3v) is 5.78. The molecule has 0 aliphatic carbocycles. The normalized spacial score (nSPS) is 11.7. The molecule has 0 saturated carbocycles. The van der Waals surface area contributed by atoms with Crippen LogP contribution in [0.1, 0.15) is 152 Å². The summed E-state index contributed by atoms with van der Waals surface area (Å²) in [6.45, 7) is 27.3. The Kier molecular flexibility index (Phi) is 12.3. The molecule has 1 heteroatoms. The van der Waals surface area contributed by atoms with E-state index >= 15 is 0 Å². The van der Waals surface area contributed by atoms with E-state index in [-0.39, 0.29) is 27.3 Å². The average Bonchev–Trinajstić information content (AvgIpc) is 3.20. The molecular weight excluding hydrogens is 544 g/mol. The molecule has 0 atom stereocenters. The van der Waals surface area contributed by atoms with Crippen LogP contribution in [0.15, 0.2) is 24.3 Å². The summed E-state index contributed by atoms with van der Waals surface area (Å²) in [6.07, 6.45) is 0. The van der Waals surface area contributed by atoms with Crippen LogP contribution in [0.3, 0.4) is 0 Å². The van der Waals surface area contributed by atoms with Gasteiger partial charge in [0.1, 0.15) is 0 Å². The molecule has 2 aromatic carbocycles. The molecule has 29 heavy (non-hydrogen) atoms. The van der Waals surface area contributed by atoms with Crippen LogP contribution in [-0.2, 0) is 0 Å². The van der Waals surface area contributed by atoms with E-state index in [0.717, 1.165) is 0 Å². The molecule has 2 rings (SSSR count). The second-order valence-corrected chi connectivity index (χ2v) is 10.3. The summed E-state index contributed by atoms with van der Waals surface area (Å²) in [5.74, 6) is 3.92. The van der Waals surface area contributed by atoms with Crippen LogP contribution in [0.2, 0.25) is 0 Å². The van der Waals surface area contributed by atoms with E-state index in [0.29, 0.717) is 35.5 Å². The average molecular weight is 590 g/mol. The van der Waals surface area contributed by atoms with Crippen molar-refractivity contribution in [1.82, 2.24) is 0 Å². The van der Waals surface area contributed by atoms with E-state index in [1.165, 1.54) is 11.1 Å². The molecule has 2 aromatic rings. The summed E-state index contributed by atoms with van der Waals surface area (Å²) in [7, 11) is 0.